The van der Waals surface area contributed by atoms with Crippen LogP contribution >= 0.6 is 11.8 Å². The van der Waals surface area contributed by atoms with E-state index in [0.717, 1.165) is 12.8 Å². The molecule has 7 heteroatoms. The van der Waals surface area contributed by atoms with Crippen molar-refractivity contribution >= 4 is 17.7 Å². The van der Waals surface area contributed by atoms with E-state index in [4.69, 9.17) is 0 Å². The Bertz CT molecular complexity index is 838. The molecule has 0 aliphatic heterocycles. The maximum absolute atomic E-state index is 14.3. The van der Waals surface area contributed by atoms with Crippen molar-refractivity contribution in [1.82, 2.24) is 20.1 Å². The van der Waals surface area contributed by atoms with Gasteiger partial charge in [0.1, 0.15) is 5.82 Å². The summed E-state index contributed by atoms with van der Waals surface area (Å²) in [4.78, 5) is 12.6. The van der Waals surface area contributed by atoms with Gasteiger partial charge in [-0.3, -0.25) is 4.79 Å². The molecule has 0 spiro atoms. The van der Waals surface area contributed by atoms with E-state index >= 15 is 0 Å². The molecule has 0 unspecified atom stereocenters. The number of aromatic nitrogens is 3. The molecular formula is C22H31FN4OS. The van der Waals surface area contributed by atoms with E-state index in [0.29, 0.717) is 40.8 Å². The van der Waals surface area contributed by atoms with E-state index in [-0.39, 0.29) is 23.5 Å². The fourth-order valence-corrected chi connectivity index (χ4v) is 4.69. The number of carbonyl (C=O) groups is 1. The molecule has 158 valence electrons. The summed E-state index contributed by atoms with van der Waals surface area (Å²) in [5.41, 5.74) is 0.432. The standard InChI is InChI=1S/C22H31FN4OS/c1-14(2)12-27-21(17-9-5-6-10-18(17)23)25-26-22(27)29-13-20(28)24-19-11-7-8-15(3)16(19)4/h5-6,9-10,14-16,19H,7-8,11-13H2,1-4H3,(H,24,28)/t15-,16+,19-/m1/s1. The van der Waals surface area contributed by atoms with Crippen LogP contribution < -0.4 is 5.32 Å². The molecule has 1 aromatic carbocycles. The van der Waals surface area contributed by atoms with E-state index in [2.05, 4.69) is 43.2 Å². The molecule has 2 aromatic rings. The predicted molar refractivity (Wildman–Crippen MR) is 115 cm³/mol. The SMILES string of the molecule is CC(C)Cn1c(SCC(=O)N[C@@H]2CCC[C@@H](C)[C@@H]2C)nnc1-c1ccccc1F. The lowest BCUT2D eigenvalue weighted by Gasteiger charge is -2.34. The highest BCUT2D eigenvalue weighted by Crippen LogP contribution is 2.30. The van der Waals surface area contributed by atoms with Crippen molar-refractivity contribution in [3.8, 4) is 11.4 Å². The normalized spacial score (nSPS) is 22.1. The van der Waals surface area contributed by atoms with Crippen LogP contribution in [0.3, 0.4) is 0 Å². The third-order valence-electron chi connectivity index (χ3n) is 5.76. The van der Waals surface area contributed by atoms with Crippen LogP contribution in [-0.2, 0) is 11.3 Å². The average Bonchev–Trinajstić information content (AvgIpc) is 3.06. The highest BCUT2D eigenvalue weighted by Gasteiger charge is 2.28. The number of hydrogen-bond donors (Lipinski definition) is 1. The molecule has 1 heterocycles. The van der Waals surface area contributed by atoms with Gasteiger partial charge in [0.15, 0.2) is 11.0 Å². The van der Waals surface area contributed by atoms with Gasteiger partial charge in [0, 0.05) is 12.6 Å². The molecule has 5 nitrogen and oxygen atoms in total. The number of rotatable bonds is 7. The van der Waals surface area contributed by atoms with Gasteiger partial charge in [0.25, 0.3) is 0 Å². The van der Waals surface area contributed by atoms with Gasteiger partial charge in [0.2, 0.25) is 5.91 Å². The largest absolute Gasteiger partial charge is 0.352 e. The lowest BCUT2D eigenvalue weighted by molar-refractivity contribution is -0.120. The molecule has 1 aliphatic carbocycles. The molecule has 1 fully saturated rings. The Morgan fingerprint density at radius 2 is 2.03 bits per heavy atom. The van der Waals surface area contributed by atoms with Crippen LogP contribution in [0.2, 0.25) is 0 Å². The van der Waals surface area contributed by atoms with E-state index < -0.39 is 0 Å². The number of nitrogens with one attached hydrogen (secondary N) is 1. The van der Waals surface area contributed by atoms with Crippen LogP contribution in [0.15, 0.2) is 29.4 Å². The Hall–Kier alpha value is -1.89. The molecule has 3 rings (SSSR count). The van der Waals surface area contributed by atoms with Crippen LogP contribution in [0.1, 0.15) is 47.0 Å². The fraction of sp³-hybridized carbons (Fsp3) is 0.591. The molecule has 1 amide bonds. The van der Waals surface area contributed by atoms with E-state index in [1.54, 1.807) is 18.2 Å². The average molecular weight is 419 g/mol. The van der Waals surface area contributed by atoms with Crippen molar-refractivity contribution in [2.75, 3.05) is 5.75 Å². The summed E-state index contributed by atoms with van der Waals surface area (Å²) in [7, 11) is 0. The van der Waals surface area contributed by atoms with Crippen molar-refractivity contribution in [3.63, 3.8) is 0 Å². The first kappa shape index (κ1) is 21.8. The van der Waals surface area contributed by atoms with Crippen molar-refractivity contribution in [3.05, 3.63) is 30.1 Å². The second kappa shape index (κ2) is 9.74. The van der Waals surface area contributed by atoms with E-state index in [1.165, 1.54) is 24.2 Å². The van der Waals surface area contributed by atoms with Crippen LogP contribution in [0.25, 0.3) is 11.4 Å². The summed E-state index contributed by atoms with van der Waals surface area (Å²) in [6, 6.07) is 6.84. The minimum Gasteiger partial charge on any atom is -0.352 e. The smallest absolute Gasteiger partial charge is 0.230 e. The highest BCUT2D eigenvalue weighted by atomic mass is 32.2. The number of amides is 1. The van der Waals surface area contributed by atoms with Gasteiger partial charge in [-0.2, -0.15) is 0 Å². The number of benzene rings is 1. The van der Waals surface area contributed by atoms with Crippen molar-refractivity contribution in [2.45, 2.75) is 64.7 Å². The molecule has 1 saturated carbocycles. The Kier molecular flexibility index (Phi) is 7.33. The topological polar surface area (TPSA) is 59.8 Å². The van der Waals surface area contributed by atoms with Crippen LogP contribution in [0.4, 0.5) is 4.39 Å². The minimum absolute atomic E-state index is 0.0208. The van der Waals surface area contributed by atoms with Crippen LogP contribution in [0.5, 0.6) is 0 Å². The third kappa shape index (κ3) is 5.38. The zero-order chi connectivity index (χ0) is 21.0. The summed E-state index contributed by atoms with van der Waals surface area (Å²) in [5, 5.41) is 12.3. The van der Waals surface area contributed by atoms with Crippen molar-refractivity contribution < 1.29 is 9.18 Å². The number of hydrogen-bond acceptors (Lipinski definition) is 4. The second-order valence-corrected chi connectivity index (χ2v) is 9.46. The predicted octanol–water partition coefficient (Wildman–Crippen LogP) is 4.77. The quantitative estimate of drug-likeness (QED) is 0.658. The molecule has 1 aromatic heterocycles. The first-order valence-electron chi connectivity index (χ1n) is 10.5. The zero-order valence-corrected chi connectivity index (χ0v) is 18.5. The number of carbonyl (C=O) groups excluding carboxylic acids is 1. The van der Waals surface area contributed by atoms with Gasteiger partial charge < -0.3 is 9.88 Å². The van der Waals surface area contributed by atoms with Gasteiger partial charge in [-0.1, -0.05) is 64.4 Å². The second-order valence-electron chi connectivity index (χ2n) is 8.52. The maximum atomic E-state index is 14.3. The summed E-state index contributed by atoms with van der Waals surface area (Å²) in [6.07, 6.45) is 3.45. The van der Waals surface area contributed by atoms with E-state index in [1.807, 2.05) is 4.57 Å². The third-order valence-corrected chi connectivity index (χ3v) is 6.73. The van der Waals surface area contributed by atoms with Gasteiger partial charge in [-0.25, -0.2) is 4.39 Å². The number of halogens is 1. The molecule has 29 heavy (non-hydrogen) atoms. The molecular weight excluding hydrogens is 387 g/mol. The molecule has 0 saturated heterocycles. The van der Waals surface area contributed by atoms with Gasteiger partial charge in [-0.15, -0.1) is 10.2 Å². The zero-order valence-electron chi connectivity index (χ0n) is 17.7. The first-order chi connectivity index (χ1) is 13.9. The lowest BCUT2D eigenvalue weighted by atomic mass is 9.78. The Morgan fingerprint density at radius 1 is 1.28 bits per heavy atom. The molecule has 0 bridgehead atoms. The highest BCUT2D eigenvalue weighted by molar-refractivity contribution is 7.99. The van der Waals surface area contributed by atoms with Crippen molar-refractivity contribution in [2.24, 2.45) is 17.8 Å². The van der Waals surface area contributed by atoms with Gasteiger partial charge in [-0.05, 0) is 36.3 Å². The monoisotopic (exact) mass is 418 g/mol. The lowest BCUT2D eigenvalue weighted by Crippen LogP contribution is -2.44. The van der Waals surface area contributed by atoms with E-state index in [9.17, 15) is 9.18 Å². The molecule has 0 radical (unpaired) electrons. The Labute approximate surface area is 176 Å². The molecule has 1 N–H and O–H groups in total. The number of nitrogens with zero attached hydrogens (tertiary/aromatic N) is 3. The Balaban J connectivity index is 1.70. The fourth-order valence-electron chi connectivity index (χ4n) is 3.93. The maximum Gasteiger partial charge on any atom is 0.230 e. The van der Waals surface area contributed by atoms with Crippen molar-refractivity contribution in [1.29, 1.82) is 0 Å². The van der Waals surface area contributed by atoms with Gasteiger partial charge in [0.05, 0.1) is 11.3 Å². The summed E-state index contributed by atoms with van der Waals surface area (Å²) >= 11 is 1.36. The minimum atomic E-state index is -0.320. The van der Waals surface area contributed by atoms with Gasteiger partial charge >= 0.3 is 0 Å². The summed E-state index contributed by atoms with van der Waals surface area (Å²) in [5.74, 6) is 1.97. The Morgan fingerprint density at radius 3 is 2.76 bits per heavy atom. The first-order valence-corrected chi connectivity index (χ1v) is 11.5. The number of thioether (sulfide) groups is 1. The summed E-state index contributed by atoms with van der Waals surface area (Å²) in [6.45, 7) is 9.34. The van der Waals surface area contributed by atoms with Crippen LogP contribution in [0, 0.1) is 23.6 Å². The molecule has 1 aliphatic rings. The van der Waals surface area contributed by atoms with Crippen LogP contribution in [-0.4, -0.2) is 32.5 Å². The summed E-state index contributed by atoms with van der Waals surface area (Å²) < 4.78 is 16.2. The molecule has 3 atom stereocenters.